The number of nitrogens with zero attached hydrogens (tertiary/aromatic N) is 2. The van der Waals surface area contributed by atoms with E-state index in [-0.39, 0.29) is 58.6 Å². The summed E-state index contributed by atoms with van der Waals surface area (Å²) in [4.78, 5) is 29.9. The van der Waals surface area contributed by atoms with Gasteiger partial charge in [0.25, 0.3) is 5.91 Å². The minimum Gasteiger partial charge on any atom is -0.493 e. The van der Waals surface area contributed by atoms with Crippen molar-refractivity contribution in [3.8, 4) is 5.75 Å². The van der Waals surface area contributed by atoms with E-state index >= 15 is 4.39 Å². The molecule has 41 heavy (non-hydrogen) atoms. The summed E-state index contributed by atoms with van der Waals surface area (Å²) in [6.07, 6.45) is -0.183. The largest absolute Gasteiger partial charge is 0.493 e. The van der Waals surface area contributed by atoms with Crippen LogP contribution in [0.2, 0.25) is 5.02 Å². The standard InChI is InChI=1S/C30H30ClF3N4O3/c1-6-41-25-14-24-23(12-21(25)28(39)36-19-10-17(31)9-18(32)11-19)37-26(38(24)5)13-20-22(33)8-7-16(27(20)34)15-35-29(40)30(2,3)4/h7-12,14H,6,13,15H2,1-5H3,(H,35,40)(H,36,39). The third kappa shape index (κ3) is 6.65. The maximum atomic E-state index is 15.4. The number of carbonyl (C=O) groups excluding carboxylic acids is 2. The molecule has 1 heterocycles. The molecular weight excluding hydrogens is 557 g/mol. The van der Waals surface area contributed by atoms with Crippen molar-refractivity contribution < 1.29 is 27.5 Å². The number of hydrogen-bond acceptors (Lipinski definition) is 4. The number of aryl methyl sites for hydroxylation is 1. The van der Waals surface area contributed by atoms with Gasteiger partial charge in [0.2, 0.25) is 5.91 Å². The van der Waals surface area contributed by atoms with Crippen molar-refractivity contribution in [1.82, 2.24) is 14.9 Å². The van der Waals surface area contributed by atoms with Gasteiger partial charge >= 0.3 is 0 Å². The number of anilines is 1. The number of carbonyl (C=O) groups is 2. The summed E-state index contributed by atoms with van der Waals surface area (Å²) in [5.41, 5.74) is 0.551. The quantitative estimate of drug-likeness (QED) is 0.245. The van der Waals surface area contributed by atoms with Gasteiger partial charge in [-0.25, -0.2) is 18.2 Å². The number of amides is 2. The minimum atomic E-state index is -0.768. The van der Waals surface area contributed by atoms with Crippen molar-refractivity contribution >= 4 is 40.1 Å². The van der Waals surface area contributed by atoms with Gasteiger partial charge in [0.1, 0.15) is 29.0 Å². The third-order valence-corrected chi connectivity index (χ3v) is 6.68. The normalized spacial score (nSPS) is 11.5. The summed E-state index contributed by atoms with van der Waals surface area (Å²) >= 11 is 5.91. The molecule has 0 aliphatic heterocycles. The van der Waals surface area contributed by atoms with Crippen LogP contribution in [-0.4, -0.2) is 28.0 Å². The van der Waals surface area contributed by atoms with Crippen molar-refractivity contribution in [1.29, 1.82) is 0 Å². The molecular formula is C30H30ClF3N4O3. The van der Waals surface area contributed by atoms with Crippen LogP contribution < -0.4 is 15.4 Å². The molecule has 2 N–H and O–H groups in total. The molecule has 0 aliphatic rings. The van der Waals surface area contributed by atoms with Crippen LogP contribution >= 0.6 is 11.6 Å². The molecule has 7 nitrogen and oxygen atoms in total. The van der Waals surface area contributed by atoms with Gasteiger partial charge in [-0.3, -0.25) is 9.59 Å². The molecule has 216 valence electrons. The molecule has 0 fully saturated rings. The highest BCUT2D eigenvalue weighted by Gasteiger charge is 2.23. The second-order valence-electron chi connectivity index (χ2n) is 10.6. The third-order valence-electron chi connectivity index (χ3n) is 6.46. The van der Waals surface area contributed by atoms with E-state index in [1.807, 2.05) is 0 Å². The number of aromatic nitrogens is 2. The van der Waals surface area contributed by atoms with Crippen LogP contribution in [0.1, 0.15) is 55.0 Å². The Morgan fingerprint density at radius 3 is 2.46 bits per heavy atom. The summed E-state index contributed by atoms with van der Waals surface area (Å²) in [6, 6.07) is 9.25. The van der Waals surface area contributed by atoms with Crippen LogP contribution in [0, 0.1) is 22.9 Å². The first-order valence-electron chi connectivity index (χ1n) is 12.9. The Morgan fingerprint density at radius 2 is 1.80 bits per heavy atom. The van der Waals surface area contributed by atoms with E-state index in [0.717, 1.165) is 18.2 Å². The Morgan fingerprint density at radius 1 is 1.07 bits per heavy atom. The second-order valence-corrected chi connectivity index (χ2v) is 11.0. The lowest BCUT2D eigenvalue weighted by Gasteiger charge is -2.18. The molecule has 4 rings (SSSR count). The van der Waals surface area contributed by atoms with Crippen LogP contribution in [0.3, 0.4) is 0 Å². The average Bonchev–Trinajstić information content (AvgIpc) is 3.18. The first-order chi connectivity index (χ1) is 19.3. The van der Waals surface area contributed by atoms with Crippen molar-refractivity contribution in [3.63, 3.8) is 0 Å². The topological polar surface area (TPSA) is 85.2 Å². The molecule has 0 saturated carbocycles. The lowest BCUT2D eigenvalue weighted by molar-refractivity contribution is -0.128. The number of halogens is 4. The van der Waals surface area contributed by atoms with Crippen molar-refractivity contribution in [2.75, 3.05) is 11.9 Å². The number of hydrogen-bond donors (Lipinski definition) is 2. The van der Waals surface area contributed by atoms with Crippen molar-refractivity contribution in [2.45, 2.75) is 40.7 Å². The Bertz CT molecular complexity index is 1630. The molecule has 0 saturated heterocycles. The monoisotopic (exact) mass is 586 g/mol. The average molecular weight is 587 g/mol. The van der Waals surface area contributed by atoms with E-state index in [2.05, 4.69) is 15.6 Å². The van der Waals surface area contributed by atoms with Gasteiger partial charge in [0.05, 0.1) is 23.2 Å². The fourth-order valence-electron chi connectivity index (χ4n) is 4.25. The highest BCUT2D eigenvalue weighted by atomic mass is 35.5. The highest BCUT2D eigenvalue weighted by Crippen LogP contribution is 2.30. The summed E-state index contributed by atoms with van der Waals surface area (Å²) in [5, 5.41) is 5.41. The molecule has 11 heteroatoms. The Labute approximate surface area is 240 Å². The predicted molar refractivity (Wildman–Crippen MR) is 152 cm³/mol. The Kier molecular flexibility index (Phi) is 8.63. The van der Waals surface area contributed by atoms with Crippen molar-refractivity contribution in [3.05, 3.63) is 87.5 Å². The number of imidazole rings is 1. The zero-order valence-corrected chi connectivity index (χ0v) is 24.0. The lowest BCUT2D eigenvalue weighted by Crippen LogP contribution is -2.34. The van der Waals surface area contributed by atoms with E-state index < -0.39 is 28.8 Å². The Balaban J connectivity index is 1.67. The van der Waals surface area contributed by atoms with Gasteiger partial charge in [0, 0.05) is 53.3 Å². The van der Waals surface area contributed by atoms with Crippen LogP contribution in [-0.2, 0) is 24.8 Å². The molecule has 1 aromatic heterocycles. The summed E-state index contributed by atoms with van der Waals surface area (Å²) < 4.78 is 51.4. The molecule has 0 atom stereocenters. The van der Waals surface area contributed by atoms with Crippen molar-refractivity contribution in [2.24, 2.45) is 12.5 Å². The van der Waals surface area contributed by atoms with E-state index in [0.29, 0.717) is 16.9 Å². The van der Waals surface area contributed by atoms with E-state index in [9.17, 15) is 18.4 Å². The maximum absolute atomic E-state index is 15.4. The number of benzene rings is 3. The van der Waals surface area contributed by atoms with Gasteiger partial charge in [0.15, 0.2) is 0 Å². The fourth-order valence-corrected chi connectivity index (χ4v) is 4.47. The minimum absolute atomic E-state index is 0.0928. The summed E-state index contributed by atoms with van der Waals surface area (Å²) in [7, 11) is 1.69. The molecule has 0 spiro atoms. The maximum Gasteiger partial charge on any atom is 0.259 e. The molecule has 2 amide bonds. The molecule has 0 bridgehead atoms. The molecule has 0 radical (unpaired) electrons. The van der Waals surface area contributed by atoms with Gasteiger partial charge in [-0.15, -0.1) is 0 Å². The lowest BCUT2D eigenvalue weighted by atomic mass is 9.95. The number of nitrogens with one attached hydrogen (secondary N) is 2. The smallest absolute Gasteiger partial charge is 0.259 e. The number of fused-ring (bicyclic) bond motifs is 1. The van der Waals surface area contributed by atoms with Crippen LogP contribution in [0.15, 0.2) is 42.5 Å². The molecule has 3 aromatic carbocycles. The predicted octanol–water partition coefficient (Wildman–Crippen LogP) is 6.55. The Hall–Kier alpha value is -4.05. The first-order valence-corrected chi connectivity index (χ1v) is 13.3. The highest BCUT2D eigenvalue weighted by molar-refractivity contribution is 6.31. The van der Waals surface area contributed by atoms with Crippen LogP contribution in [0.5, 0.6) is 5.75 Å². The van der Waals surface area contributed by atoms with Gasteiger partial charge < -0.3 is 19.9 Å². The fraction of sp³-hybridized carbons (Fsp3) is 0.300. The van der Waals surface area contributed by atoms with Gasteiger partial charge in [-0.05, 0) is 37.3 Å². The van der Waals surface area contributed by atoms with E-state index in [1.165, 1.54) is 18.2 Å². The van der Waals surface area contributed by atoms with Gasteiger partial charge in [-0.2, -0.15) is 0 Å². The second kappa shape index (κ2) is 11.8. The van der Waals surface area contributed by atoms with Gasteiger partial charge in [-0.1, -0.05) is 38.4 Å². The van der Waals surface area contributed by atoms with E-state index in [4.69, 9.17) is 16.3 Å². The van der Waals surface area contributed by atoms with Crippen LogP contribution in [0.4, 0.5) is 18.9 Å². The van der Waals surface area contributed by atoms with E-state index in [1.54, 1.807) is 45.4 Å². The summed E-state index contributed by atoms with van der Waals surface area (Å²) in [5.74, 6) is -2.37. The van der Waals surface area contributed by atoms with Crippen LogP contribution in [0.25, 0.3) is 11.0 Å². The molecule has 4 aromatic rings. The SMILES string of the molecule is CCOc1cc2c(cc1C(=O)Nc1cc(F)cc(Cl)c1)nc(Cc1c(F)ccc(CNC(=O)C(C)(C)C)c1F)n2C. The zero-order chi connectivity index (χ0) is 30.1. The molecule has 0 aliphatic carbocycles. The number of rotatable bonds is 8. The summed E-state index contributed by atoms with van der Waals surface area (Å²) in [6.45, 7) is 7.15. The molecule has 0 unspecified atom stereocenters. The zero-order valence-electron chi connectivity index (χ0n) is 23.3. The number of ether oxygens (including phenoxy) is 1. The first kappa shape index (κ1) is 29.9.